The van der Waals surface area contributed by atoms with Gasteiger partial charge in [-0.15, -0.1) is 10.2 Å². The van der Waals surface area contributed by atoms with Crippen LogP contribution in [0.5, 0.6) is 0 Å². The van der Waals surface area contributed by atoms with E-state index in [-0.39, 0.29) is 18.0 Å². The van der Waals surface area contributed by atoms with Gasteiger partial charge in [0.25, 0.3) is 0 Å². The molecule has 1 saturated carbocycles. The van der Waals surface area contributed by atoms with E-state index in [2.05, 4.69) is 19.7 Å². The maximum atomic E-state index is 13.5. The lowest BCUT2D eigenvalue weighted by Crippen LogP contribution is -2.26. The number of nitrogens with zero attached hydrogens (tertiary/aromatic N) is 4. The first-order valence-corrected chi connectivity index (χ1v) is 8.17. The van der Waals surface area contributed by atoms with Crippen LogP contribution in [0.2, 0.25) is 0 Å². The lowest BCUT2D eigenvalue weighted by atomic mass is 10.0. The third-order valence-electron chi connectivity index (χ3n) is 4.90. The molecule has 2 atom stereocenters. The summed E-state index contributed by atoms with van der Waals surface area (Å²) in [5.74, 6) is 2.28. The first-order chi connectivity index (χ1) is 11.1. The van der Waals surface area contributed by atoms with Crippen molar-refractivity contribution < 1.29 is 9.50 Å². The highest BCUT2D eigenvalue weighted by Gasteiger charge is 2.34. The van der Waals surface area contributed by atoms with Crippen molar-refractivity contribution in [3.8, 4) is 0 Å². The number of hydrogen-bond donors (Lipinski definition) is 1. The van der Waals surface area contributed by atoms with Crippen LogP contribution in [0.3, 0.4) is 0 Å². The van der Waals surface area contributed by atoms with E-state index in [1.807, 2.05) is 13.1 Å². The zero-order valence-electron chi connectivity index (χ0n) is 13.2. The Bertz CT molecular complexity index is 712. The zero-order chi connectivity index (χ0) is 16.0. The molecule has 1 aliphatic heterocycles. The number of aliphatic hydroxyl groups excluding tert-OH is 1. The molecule has 1 saturated heterocycles. The van der Waals surface area contributed by atoms with Gasteiger partial charge in [-0.2, -0.15) is 0 Å². The molecule has 2 heterocycles. The summed E-state index contributed by atoms with van der Waals surface area (Å²) >= 11 is 0. The molecule has 0 bridgehead atoms. The Morgan fingerprint density at radius 1 is 1.30 bits per heavy atom. The average molecular weight is 316 g/mol. The van der Waals surface area contributed by atoms with Crippen molar-refractivity contribution in [1.82, 2.24) is 19.7 Å². The Morgan fingerprint density at radius 2 is 2.13 bits per heavy atom. The molecule has 23 heavy (non-hydrogen) atoms. The molecule has 2 fully saturated rings. The quantitative estimate of drug-likeness (QED) is 0.939. The summed E-state index contributed by atoms with van der Waals surface area (Å²) < 4.78 is 15.6. The molecule has 0 amide bonds. The topological polar surface area (TPSA) is 54.2 Å². The van der Waals surface area contributed by atoms with Crippen molar-refractivity contribution in [2.45, 2.75) is 43.9 Å². The summed E-state index contributed by atoms with van der Waals surface area (Å²) in [6.45, 7) is 1.20. The third kappa shape index (κ3) is 2.88. The Morgan fingerprint density at radius 3 is 2.87 bits per heavy atom. The molecule has 1 aromatic heterocycles. The number of benzene rings is 1. The normalized spacial score (nSPS) is 25.2. The van der Waals surface area contributed by atoms with Crippen molar-refractivity contribution in [2.24, 2.45) is 7.05 Å². The van der Waals surface area contributed by atoms with Crippen molar-refractivity contribution in [2.75, 3.05) is 6.54 Å². The number of likely N-dealkylation sites (tertiary alicyclic amines) is 1. The Kier molecular flexibility index (Phi) is 3.66. The van der Waals surface area contributed by atoms with E-state index in [9.17, 15) is 9.50 Å². The van der Waals surface area contributed by atoms with Crippen LogP contribution in [0.1, 0.15) is 48.4 Å². The zero-order valence-corrected chi connectivity index (χ0v) is 13.2. The van der Waals surface area contributed by atoms with E-state index in [0.717, 1.165) is 17.2 Å². The molecule has 1 aliphatic carbocycles. The van der Waals surface area contributed by atoms with E-state index >= 15 is 0 Å². The number of hydrogen-bond acceptors (Lipinski definition) is 4. The molecule has 0 unspecified atom stereocenters. The van der Waals surface area contributed by atoms with Crippen LogP contribution in [0.25, 0.3) is 0 Å². The van der Waals surface area contributed by atoms with Crippen LogP contribution in [0, 0.1) is 5.82 Å². The summed E-state index contributed by atoms with van der Waals surface area (Å²) in [6, 6.07) is 6.67. The number of halogens is 1. The number of rotatable bonds is 4. The van der Waals surface area contributed by atoms with Gasteiger partial charge in [0.05, 0.1) is 12.6 Å². The highest BCUT2D eigenvalue weighted by Crippen LogP contribution is 2.39. The lowest BCUT2D eigenvalue weighted by Gasteiger charge is -2.24. The molecule has 6 heteroatoms. The van der Waals surface area contributed by atoms with E-state index in [1.54, 1.807) is 12.1 Å². The highest BCUT2D eigenvalue weighted by molar-refractivity contribution is 5.22. The largest absolute Gasteiger partial charge is 0.392 e. The van der Waals surface area contributed by atoms with Crippen LogP contribution in [-0.2, 0) is 13.6 Å². The summed E-state index contributed by atoms with van der Waals surface area (Å²) in [5, 5.41) is 18.7. The van der Waals surface area contributed by atoms with Crippen LogP contribution < -0.4 is 0 Å². The molecule has 4 rings (SSSR count). The minimum atomic E-state index is -0.389. The molecular weight excluding hydrogens is 295 g/mol. The standard InChI is InChI=1S/C17H21FN4O/c1-21-16(19-20-17(21)11-5-6-11)10-22-9-14(23)8-15(22)12-3-2-4-13(18)7-12/h2-4,7,11,14-15,23H,5-6,8-10H2,1H3/t14-,15+/m1/s1. The Labute approximate surface area is 134 Å². The Hall–Kier alpha value is -1.79. The van der Waals surface area contributed by atoms with Crippen LogP contribution in [0.15, 0.2) is 24.3 Å². The fourth-order valence-electron chi connectivity index (χ4n) is 3.51. The molecule has 1 aromatic carbocycles. The number of aromatic nitrogens is 3. The summed E-state index contributed by atoms with van der Waals surface area (Å²) in [5.41, 5.74) is 0.908. The van der Waals surface area contributed by atoms with E-state index in [4.69, 9.17) is 0 Å². The molecule has 0 radical (unpaired) electrons. The van der Waals surface area contributed by atoms with E-state index in [1.165, 1.54) is 18.9 Å². The fourth-order valence-corrected chi connectivity index (χ4v) is 3.51. The van der Waals surface area contributed by atoms with Crippen molar-refractivity contribution in [3.05, 3.63) is 47.3 Å². The van der Waals surface area contributed by atoms with Gasteiger partial charge in [-0.05, 0) is 37.0 Å². The third-order valence-corrected chi connectivity index (χ3v) is 4.90. The molecular formula is C17H21FN4O. The lowest BCUT2D eigenvalue weighted by molar-refractivity contribution is 0.170. The van der Waals surface area contributed by atoms with Crippen molar-refractivity contribution in [3.63, 3.8) is 0 Å². The van der Waals surface area contributed by atoms with Crippen molar-refractivity contribution >= 4 is 0 Å². The molecule has 2 aliphatic rings. The van der Waals surface area contributed by atoms with Gasteiger partial charge in [-0.3, -0.25) is 4.90 Å². The molecule has 122 valence electrons. The summed E-state index contributed by atoms with van der Waals surface area (Å²) in [6.07, 6.45) is 2.62. The van der Waals surface area contributed by atoms with Gasteiger partial charge < -0.3 is 9.67 Å². The fraction of sp³-hybridized carbons (Fsp3) is 0.529. The summed E-state index contributed by atoms with van der Waals surface area (Å²) in [7, 11) is 2.01. The van der Waals surface area contributed by atoms with Crippen LogP contribution in [0.4, 0.5) is 4.39 Å². The maximum absolute atomic E-state index is 13.5. The minimum absolute atomic E-state index is 0.0155. The average Bonchev–Trinajstić information content (AvgIpc) is 3.21. The predicted molar refractivity (Wildman–Crippen MR) is 83.2 cm³/mol. The highest BCUT2D eigenvalue weighted by atomic mass is 19.1. The van der Waals surface area contributed by atoms with Gasteiger partial charge in [0.2, 0.25) is 0 Å². The van der Waals surface area contributed by atoms with Crippen LogP contribution in [-0.4, -0.2) is 37.4 Å². The van der Waals surface area contributed by atoms with Crippen LogP contribution >= 0.6 is 0 Å². The minimum Gasteiger partial charge on any atom is -0.392 e. The molecule has 5 nitrogen and oxygen atoms in total. The second kappa shape index (κ2) is 5.69. The molecule has 1 N–H and O–H groups in total. The molecule has 0 spiro atoms. The van der Waals surface area contributed by atoms with Gasteiger partial charge in [0.1, 0.15) is 17.5 Å². The monoisotopic (exact) mass is 316 g/mol. The number of β-amino-alcohol motifs (C(OH)–C–C–N with tert-alkyl or cyclic N) is 1. The Balaban J connectivity index is 1.56. The van der Waals surface area contributed by atoms with Gasteiger partial charge in [0, 0.05) is 25.6 Å². The second-order valence-corrected chi connectivity index (χ2v) is 6.70. The van der Waals surface area contributed by atoms with Gasteiger partial charge in [0.15, 0.2) is 0 Å². The maximum Gasteiger partial charge on any atom is 0.146 e. The SMILES string of the molecule is Cn1c(CN2C[C@H](O)C[C@H]2c2cccc(F)c2)nnc1C1CC1. The smallest absolute Gasteiger partial charge is 0.146 e. The first kappa shape index (κ1) is 14.8. The van der Waals surface area contributed by atoms with Gasteiger partial charge in [-0.25, -0.2) is 4.39 Å². The number of aliphatic hydroxyl groups is 1. The van der Waals surface area contributed by atoms with Gasteiger partial charge >= 0.3 is 0 Å². The van der Waals surface area contributed by atoms with E-state index in [0.29, 0.717) is 25.4 Å². The first-order valence-electron chi connectivity index (χ1n) is 8.17. The van der Waals surface area contributed by atoms with Crippen molar-refractivity contribution in [1.29, 1.82) is 0 Å². The van der Waals surface area contributed by atoms with Gasteiger partial charge in [-0.1, -0.05) is 12.1 Å². The predicted octanol–water partition coefficient (Wildman–Crippen LogP) is 2.14. The second-order valence-electron chi connectivity index (χ2n) is 6.70. The molecule has 2 aromatic rings. The summed E-state index contributed by atoms with van der Waals surface area (Å²) in [4.78, 5) is 2.17. The van der Waals surface area contributed by atoms with E-state index < -0.39 is 0 Å².